The molecule has 1 N–H and O–H groups in total. The Morgan fingerprint density at radius 2 is 1.91 bits per heavy atom. The highest BCUT2D eigenvalue weighted by molar-refractivity contribution is 7.89. The van der Waals surface area contributed by atoms with Crippen molar-refractivity contribution in [2.24, 2.45) is 0 Å². The summed E-state index contributed by atoms with van der Waals surface area (Å²) in [5.74, 6) is 0.0865. The topological polar surface area (TPSA) is 59.1 Å². The second-order valence-corrected chi connectivity index (χ2v) is 7.10. The number of rotatable bonds is 4. The molecule has 0 amide bonds. The molecule has 1 aromatic heterocycles. The lowest BCUT2D eigenvalue weighted by Gasteiger charge is -2.30. The van der Waals surface area contributed by atoms with Crippen LogP contribution in [-0.2, 0) is 22.6 Å². The molecular formula is C15H13F3N2O2S. The van der Waals surface area contributed by atoms with Gasteiger partial charge in [-0.15, -0.1) is 0 Å². The van der Waals surface area contributed by atoms with E-state index >= 15 is 0 Å². The Morgan fingerprint density at radius 3 is 2.52 bits per heavy atom. The molecule has 1 aliphatic rings. The summed E-state index contributed by atoms with van der Waals surface area (Å²) in [7, 11) is -3.88. The highest BCUT2D eigenvalue weighted by Crippen LogP contribution is 2.34. The molecule has 0 saturated heterocycles. The van der Waals surface area contributed by atoms with Crippen molar-refractivity contribution in [3.63, 3.8) is 0 Å². The van der Waals surface area contributed by atoms with E-state index in [0.717, 1.165) is 24.2 Å². The van der Waals surface area contributed by atoms with Gasteiger partial charge in [-0.1, -0.05) is 24.3 Å². The number of aromatic nitrogens is 1. The van der Waals surface area contributed by atoms with E-state index in [1.54, 1.807) is 0 Å². The summed E-state index contributed by atoms with van der Waals surface area (Å²) in [6.07, 6.45) is -3.09. The van der Waals surface area contributed by atoms with Gasteiger partial charge < -0.3 is 0 Å². The Balaban J connectivity index is 1.68. The average molecular weight is 342 g/mol. The minimum Gasteiger partial charge on any atom is -0.250 e. The molecule has 0 aliphatic heterocycles. The molecule has 1 aliphatic carbocycles. The molecular weight excluding hydrogens is 329 g/mol. The lowest BCUT2D eigenvalue weighted by Crippen LogP contribution is -2.33. The fraction of sp³-hybridized carbons (Fsp3) is 0.267. The van der Waals surface area contributed by atoms with Crippen molar-refractivity contribution in [3.8, 4) is 0 Å². The van der Waals surface area contributed by atoms with E-state index in [0.29, 0.717) is 6.07 Å². The number of nitrogens with zero attached hydrogens (tertiary/aromatic N) is 1. The molecule has 0 fully saturated rings. The molecule has 23 heavy (non-hydrogen) atoms. The Kier molecular flexibility index (Phi) is 3.89. The Labute approximate surface area is 131 Å². The van der Waals surface area contributed by atoms with Crippen LogP contribution in [0.15, 0.2) is 47.5 Å². The van der Waals surface area contributed by atoms with Gasteiger partial charge in [-0.2, -0.15) is 13.2 Å². The second kappa shape index (κ2) is 5.61. The molecule has 0 spiro atoms. The smallest absolute Gasteiger partial charge is 0.250 e. The van der Waals surface area contributed by atoms with Crippen LogP contribution in [-0.4, -0.2) is 19.9 Å². The van der Waals surface area contributed by atoms with Gasteiger partial charge in [0.15, 0.2) is 0 Å². The van der Waals surface area contributed by atoms with Crippen molar-refractivity contribution in [3.05, 3.63) is 59.4 Å². The third kappa shape index (κ3) is 3.23. The summed E-state index contributed by atoms with van der Waals surface area (Å²) < 4.78 is 64.0. The number of pyridine rings is 1. The van der Waals surface area contributed by atoms with Gasteiger partial charge in [0, 0.05) is 18.7 Å². The number of alkyl halides is 3. The zero-order valence-corrected chi connectivity index (χ0v) is 12.7. The van der Waals surface area contributed by atoms with Crippen LogP contribution in [0.5, 0.6) is 0 Å². The van der Waals surface area contributed by atoms with Gasteiger partial charge in [-0.3, -0.25) is 4.98 Å². The first-order valence-electron chi connectivity index (χ1n) is 6.88. The van der Waals surface area contributed by atoms with Gasteiger partial charge in [0.25, 0.3) is 0 Å². The van der Waals surface area contributed by atoms with Crippen molar-refractivity contribution >= 4 is 10.0 Å². The highest BCUT2D eigenvalue weighted by Gasteiger charge is 2.33. The van der Waals surface area contributed by atoms with E-state index in [1.165, 1.54) is 5.56 Å². The summed E-state index contributed by atoms with van der Waals surface area (Å²) in [5.41, 5.74) is 1.16. The van der Waals surface area contributed by atoms with Crippen LogP contribution in [0, 0.1) is 0 Å². The largest absolute Gasteiger partial charge is 0.433 e. The fourth-order valence-corrected chi connectivity index (χ4v) is 3.57. The Morgan fingerprint density at radius 1 is 1.17 bits per heavy atom. The maximum absolute atomic E-state index is 12.4. The maximum atomic E-state index is 12.4. The predicted octanol–water partition coefficient (Wildman–Crippen LogP) is 2.72. The summed E-state index contributed by atoms with van der Waals surface area (Å²) in [4.78, 5) is 2.89. The zero-order valence-electron chi connectivity index (χ0n) is 11.8. The minimum atomic E-state index is -4.59. The van der Waals surface area contributed by atoms with Gasteiger partial charge in [-0.25, -0.2) is 13.1 Å². The summed E-state index contributed by atoms with van der Waals surface area (Å²) in [6.45, 7) is 0.209. The number of hydrogen-bond acceptors (Lipinski definition) is 3. The normalized spacial score (nSPS) is 17.4. The third-order valence-corrected chi connectivity index (χ3v) is 5.23. The van der Waals surface area contributed by atoms with Gasteiger partial charge in [-0.05, 0) is 29.7 Å². The lowest BCUT2D eigenvalue weighted by atomic mass is 9.78. The average Bonchev–Trinajstić information content (AvgIpc) is 2.47. The number of benzene rings is 1. The van der Waals surface area contributed by atoms with Crippen LogP contribution in [0.4, 0.5) is 13.2 Å². The van der Waals surface area contributed by atoms with Gasteiger partial charge in [0.1, 0.15) is 10.6 Å². The monoisotopic (exact) mass is 342 g/mol. The fourth-order valence-electron chi connectivity index (χ4n) is 2.55. The first kappa shape index (κ1) is 15.9. The lowest BCUT2D eigenvalue weighted by molar-refractivity contribution is -0.141. The van der Waals surface area contributed by atoms with Crippen LogP contribution in [0.25, 0.3) is 0 Å². The molecule has 1 heterocycles. The van der Waals surface area contributed by atoms with Crippen LogP contribution in [0.1, 0.15) is 22.7 Å². The minimum absolute atomic E-state index is 0.0865. The van der Waals surface area contributed by atoms with E-state index in [1.807, 2.05) is 24.3 Å². The standard InChI is InChI=1S/C15H13F3N2O2S/c16-15(17,18)14-6-5-12(9-19-14)23(21,22)20-8-11-7-10-3-1-2-4-13(10)11/h1-6,9,11,20H,7-8H2/t11-/m1/s1. The summed E-state index contributed by atoms with van der Waals surface area (Å²) >= 11 is 0. The molecule has 1 aromatic carbocycles. The van der Waals surface area contributed by atoms with Crippen LogP contribution >= 0.6 is 0 Å². The van der Waals surface area contributed by atoms with Crippen molar-refractivity contribution in [1.29, 1.82) is 0 Å². The molecule has 8 heteroatoms. The van der Waals surface area contributed by atoms with Crippen molar-refractivity contribution in [2.45, 2.75) is 23.4 Å². The number of fused-ring (bicyclic) bond motifs is 1. The van der Waals surface area contributed by atoms with Gasteiger partial charge in [0.2, 0.25) is 10.0 Å². The van der Waals surface area contributed by atoms with E-state index in [9.17, 15) is 21.6 Å². The van der Waals surface area contributed by atoms with Crippen LogP contribution in [0.2, 0.25) is 0 Å². The maximum Gasteiger partial charge on any atom is 0.433 e. The molecule has 4 nitrogen and oxygen atoms in total. The molecule has 0 unspecified atom stereocenters. The van der Waals surface area contributed by atoms with Gasteiger partial charge >= 0.3 is 6.18 Å². The molecule has 2 aromatic rings. The van der Waals surface area contributed by atoms with Crippen molar-refractivity contribution < 1.29 is 21.6 Å². The molecule has 122 valence electrons. The van der Waals surface area contributed by atoms with E-state index < -0.39 is 21.9 Å². The summed E-state index contributed by atoms with van der Waals surface area (Å²) in [6, 6.07) is 9.31. The highest BCUT2D eigenvalue weighted by atomic mass is 32.2. The molecule has 0 bridgehead atoms. The van der Waals surface area contributed by atoms with E-state index in [4.69, 9.17) is 0 Å². The Bertz CT molecular complexity index is 817. The number of halogens is 3. The Hall–Kier alpha value is -1.93. The van der Waals surface area contributed by atoms with Crippen molar-refractivity contribution in [2.75, 3.05) is 6.54 Å². The van der Waals surface area contributed by atoms with Crippen LogP contribution < -0.4 is 4.72 Å². The second-order valence-electron chi connectivity index (χ2n) is 5.33. The SMILES string of the molecule is O=S(=O)(NC[C@H]1Cc2ccccc21)c1ccc(C(F)(F)F)nc1. The molecule has 0 radical (unpaired) electrons. The number of nitrogens with one attached hydrogen (secondary N) is 1. The van der Waals surface area contributed by atoms with E-state index in [-0.39, 0.29) is 17.4 Å². The van der Waals surface area contributed by atoms with Crippen molar-refractivity contribution in [1.82, 2.24) is 9.71 Å². The van der Waals surface area contributed by atoms with Gasteiger partial charge in [0.05, 0.1) is 0 Å². The molecule has 1 atom stereocenters. The number of hydrogen-bond donors (Lipinski definition) is 1. The van der Waals surface area contributed by atoms with E-state index in [2.05, 4.69) is 9.71 Å². The predicted molar refractivity (Wildman–Crippen MR) is 77.3 cm³/mol. The van der Waals surface area contributed by atoms with Crippen LogP contribution in [0.3, 0.4) is 0 Å². The number of sulfonamides is 1. The zero-order chi connectivity index (χ0) is 16.7. The molecule has 3 rings (SSSR count). The first-order valence-corrected chi connectivity index (χ1v) is 8.36. The third-order valence-electron chi connectivity index (χ3n) is 3.82. The first-order chi connectivity index (χ1) is 10.8. The molecule has 0 saturated carbocycles. The summed E-state index contributed by atoms with van der Waals surface area (Å²) in [5, 5.41) is 0. The quantitative estimate of drug-likeness (QED) is 0.929.